The molecule has 1 aromatic carbocycles. The Morgan fingerprint density at radius 1 is 1.47 bits per heavy atom. The van der Waals surface area contributed by atoms with Crippen molar-refractivity contribution in [3.8, 4) is 5.75 Å². The Morgan fingerprint density at radius 2 is 2.21 bits per heavy atom. The van der Waals surface area contributed by atoms with Gasteiger partial charge in [-0.2, -0.15) is 5.10 Å². The van der Waals surface area contributed by atoms with E-state index < -0.39 is 9.05 Å². The van der Waals surface area contributed by atoms with E-state index >= 15 is 0 Å². The Morgan fingerprint density at radius 3 is 2.79 bits per heavy atom. The molecule has 1 heterocycles. The van der Waals surface area contributed by atoms with Crippen LogP contribution < -0.4 is 4.74 Å². The van der Waals surface area contributed by atoms with Crippen LogP contribution in [0.3, 0.4) is 0 Å². The van der Waals surface area contributed by atoms with Gasteiger partial charge in [-0.15, -0.1) is 0 Å². The summed E-state index contributed by atoms with van der Waals surface area (Å²) < 4.78 is 29.9. The highest BCUT2D eigenvalue weighted by Crippen LogP contribution is 2.24. The third-order valence-corrected chi connectivity index (χ3v) is 4.27. The van der Waals surface area contributed by atoms with Crippen molar-refractivity contribution in [1.29, 1.82) is 0 Å². The lowest BCUT2D eigenvalue weighted by molar-refractivity contribution is 0.407. The van der Waals surface area contributed by atoms with Gasteiger partial charge in [-0.1, -0.05) is 15.9 Å². The van der Waals surface area contributed by atoms with Gasteiger partial charge in [0, 0.05) is 26.9 Å². The van der Waals surface area contributed by atoms with Gasteiger partial charge in [0.05, 0.1) is 19.9 Å². The molecule has 0 aliphatic heterocycles. The summed E-state index contributed by atoms with van der Waals surface area (Å²) in [6.45, 7) is 0.384. The zero-order valence-corrected chi connectivity index (χ0v) is 13.0. The maximum absolute atomic E-state index is 11.2. The molecule has 0 amide bonds. The van der Waals surface area contributed by atoms with Crippen LogP contribution in [-0.2, 0) is 15.6 Å². The maximum atomic E-state index is 11.2. The minimum atomic E-state index is -3.75. The predicted molar refractivity (Wildman–Crippen MR) is 75.1 cm³/mol. The summed E-state index contributed by atoms with van der Waals surface area (Å²) in [7, 11) is 3.07. The van der Waals surface area contributed by atoms with Gasteiger partial charge in [0.1, 0.15) is 10.6 Å². The van der Waals surface area contributed by atoms with Crippen molar-refractivity contribution < 1.29 is 13.2 Å². The van der Waals surface area contributed by atoms with Gasteiger partial charge in [-0.05, 0) is 18.2 Å². The van der Waals surface area contributed by atoms with E-state index in [4.69, 9.17) is 15.4 Å². The molecule has 1 aromatic heterocycles. The average molecular weight is 366 g/mol. The van der Waals surface area contributed by atoms with Crippen LogP contribution in [0.5, 0.6) is 5.75 Å². The van der Waals surface area contributed by atoms with E-state index in [-0.39, 0.29) is 4.90 Å². The zero-order chi connectivity index (χ0) is 14.0. The first kappa shape index (κ1) is 14.4. The van der Waals surface area contributed by atoms with Crippen molar-refractivity contribution in [2.24, 2.45) is 0 Å². The number of nitrogens with zero attached hydrogens (tertiary/aromatic N) is 2. The predicted octanol–water partition coefficient (Wildman–Crippen LogP) is 2.63. The molecule has 0 N–H and O–H groups in total. The number of hydrogen-bond acceptors (Lipinski definition) is 4. The number of methoxy groups -OCH3 is 1. The fourth-order valence-corrected chi connectivity index (χ4v) is 2.67. The monoisotopic (exact) mass is 364 g/mol. The summed E-state index contributed by atoms with van der Waals surface area (Å²) in [5.41, 5.74) is 0.874. The van der Waals surface area contributed by atoms with Crippen LogP contribution in [0.1, 0.15) is 5.56 Å². The summed E-state index contributed by atoms with van der Waals surface area (Å²) in [4.78, 5) is -0.0249. The second-order valence-corrected chi connectivity index (χ2v) is 7.25. The maximum Gasteiger partial charge on any atom is 0.264 e. The van der Waals surface area contributed by atoms with Gasteiger partial charge >= 0.3 is 0 Å². The van der Waals surface area contributed by atoms with Crippen molar-refractivity contribution in [2.75, 3.05) is 7.11 Å². The average Bonchev–Trinajstić information content (AvgIpc) is 2.77. The van der Waals surface area contributed by atoms with E-state index in [0.717, 1.165) is 10.0 Å². The van der Waals surface area contributed by atoms with Crippen LogP contribution >= 0.6 is 26.6 Å². The van der Waals surface area contributed by atoms with Gasteiger partial charge in [0.15, 0.2) is 0 Å². The second-order valence-electron chi connectivity index (χ2n) is 3.77. The Bertz CT molecular complexity index is 700. The SMILES string of the molecule is COc1ccc(Br)cc1Cn1cc(S(=O)(=O)Cl)cn1. The minimum absolute atomic E-state index is 0.0249. The third kappa shape index (κ3) is 3.49. The number of halogens is 2. The van der Waals surface area contributed by atoms with Crippen LogP contribution in [0.2, 0.25) is 0 Å². The summed E-state index contributed by atoms with van der Waals surface area (Å²) >= 11 is 3.37. The van der Waals surface area contributed by atoms with Crippen LogP contribution in [0, 0.1) is 0 Å². The lowest BCUT2D eigenvalue weighted by Crippen LogP contribution is -2.02. The molecule has 19 heavy (non-hydrogen) atoms. The van der Waals surface area contributed by atoms with Gasteiger partial charge in [0.2, 0.25) is 0 Å². The normalized spacial score (nSPS) is 11.5. The van der Waals surface area contributed by atoms with E-state index in [1.165, 1.54) is 17.1 Å². The highest BCUT2D eigenvalue weighted by molar-refractivity contribution is 9.10. The highest BCUT2D eigenvalue weighted by atomic mass is 79.9. The first-order chi connectivity index (χ1) is 8.90. The molecule has 0 aliphatic carbocycles. The Kier molecular flexibility index (Phi) is 4.17. The number of benzene rings is 1. The van der Waals surface area contributed by atoms with Crippen molar-refractivity contribution in [3.63, 3.8) is 0 Å². The van der Waals surface area contributed by atoms with Gasteiger partial charge in [0.25, 0.3) is 9.05 Å². The minimum Gasteiger partial charge on any atom is -0.496 e. The van der Waals surface area contributed by atoms with Crippen LogP contribution in [0.25, 0.3) is 0 Å². The van der Waals surface area contributed by atoms with E-state index in [2.05, 4.69) is 21.0 Å². The number of rotatable bonds is 4. The molecular formula is C11H10BrClN2O3S. The van der Waals surface area contributed by atoms with E-state index in [1.807, 2.05) is 18.2 Å². The molecule has 2 rings (SSSR count). The molecule has 0 saturated heterocycles. The van der Waals surface area contributed by atoms with Gasteiger partial charge in [-0.25, -0.2) is 8.42 Å². The van der Waals surface area contributed by atoms with Gasteiger partial charge in [-0.3, -0.25) is 4.68 Å². The van der Waals surface area contributed by atoms with E-state index in [9.17, 15) is 8.42 Å². The number of aromatic nitrogens is 2. The molecule has 2 aromatic rings. The van der Waals surface area contributed by atoms with E-state index in [0.29, 0.717) is 12.3 Å². The Hall–Kier alpha value is -1.05. The Labute approximate surface area is 123 Å². The lowest BCUT2D eigenvalue weighted by atomic mass is 10.2. The zero-order valence-electron chi connectivity index (χ0n) is 9.88. The molecule has 8 heteroatoms. The molecule has 0 aliphatic rings. The van der Waals surface area contributed by atoms with E-state index in [1.54, 1.807) is 7.11 Å². The molecule has 102 valence electrons. The summed E-state index contributed by atoms with van der Waals surface area (Å²) in [5, 5.41) is 3.97. The number of ether oxygens (including phenoxy) is 1. The summed E-state index contributed by atoms with van der Waals surface area (Å²) in [6.07, 6.45) is 2.59. The fraction of sp³-hybridized carbons (Fsp3) is 0.182. The highest BCUT2D eigenvalue weighted by Gasteiger charge is 2.13. The lowest BCUT2D eigenvalue weighted by Gasteiger charge is -2.08. The molecule has 0 unspecified atom stereocenters. The molecule has 0 saturated carbocycles. The van der Waals surface area contributed by atoms with Crippen molar-refractivity contribution in [3.05, 3.63) is 40.6 Å². The van der Waals surface area contributed by atoms with Crippen molar-refractivity contribution in [1.82, 2.24) is 9.78 Å². The largest absolute Gasteiger partial charge is 0.496 e. The first-order valence-corrected chi connectivity index (χ1v) is 8.30. The van der Waals surface area contributed by atoms with Crippen molar-refractivity contribution in [2.45, 2.75) is 11.4 Å². The standard InChI is InChI=1S/C11H10BrClN2O3S/c1-18-11-3-2-9(12)4-8(11)6-15-7-10(5-14-15)19(13,16)17/h2-5,7H,6H2,1H3. The molecule has 0 atom stereocenters. The molecule has 5 nitrogen and oxygen atoms in total. The van der Waals surface area contributed by atoms with Crippen LogP contribution in [-0.4, -0.2) is 25.3 Å². The molecule has 0 spiro atoms. The van der Waals surface area contributed by atoms with Crippen molar-refractivity contribution >= 4 is 35.7 Å². The number of hydrogen-bond donors (Lipinski definition) is 0. The topological polar surface area (TPSA) is 61.2 Å². The second kappa shape index (κ2) is 5.52. The smallest absolute Gasteiger partial charge is 0.264 e. The molecule has 0 bridgehead atoms. The quantitative estimate of drug-likeness (QED) is 0.782. The Balaban J connectivity index is 2.31. The third-order valence-electron chi connectivity index (χ3n) is 2.47. The fourth-order valence-electron chi connectivity index (χ4n) is 1.60. The molecule has 0 fully saturated rings. The summed E-state index contributed by atoms with van der Waals surface area (Å²) in [5.74, 6) is 0.703. The summed E-state index contributed by atoms with van der Waals surface area (Å²) in [6, 6.07) is 5.57. The molecule has 0 radical (unpaired) electrons. The molecular weight excluding hydrogens is 356 g/mol. The van der Waals surface area contributed by atoms with Gasteiger partial charge < -0.3 is 4.74 Å². The van der Waals surface area contributed by atoms with Crippen LogP contribution in [0.15, 0.2) is 40.0 Å². The first-order valence-electron chi connectivity index (χ1n) is 5.19. The van der Waals surface area contributed by atoms with Crippen LogP contribution in [0.4, 0.5) is 0 Å².